The summed E-state index contributed by atoms with van der Waals surface area (Å²) in [4.78, 5) is 4.74. The highest BCUT2D eigenvalue weighted by Gasteiger charge is 2.07. The van der Waals surface area contributed by atoms with Crippen LogP contribution in [-0.4, -0.2) is 5.11 Å². The highest BCUT2D eigenvalue weighted by molar-refractivity contribution is 6.31. The average molecular weight is 362 g/mol. The minimum atomic E-state index is 0.165. The van der Waals surface area contributed by atoms with E-state index in [0.29, 0.717) is 21.7 Å². The van der Waals surface area contributed by atoms with Crippen LogP contribution in [0.3, 0.4) is 0 Å². The van der Waals surface area contributed by atoms with E-state index in [1.807, 2.05) is 61.5 Å². The Hall–Kier alpha value is -3.04. The zero-order valence-corrected chi connectivity index (χ0v) is 14.9. The van der Waals surface area contributed by atoms with Crippen LogP contribution in [0.1, 0.15) is 5.56 Å². The molecule has 0 bridgehead atoms. The van der Waals surface area contributed by atoms with Gasteiger partial charge in [-0.25, -0.2) is 4.99 Å². The van der Waals surface area contributed by atoms with Gasteiger partial charge in [0.05, 0.1) is 11.0 Å². The molecule has 0 aliphatic carbocycles. The van der Waals surface area contributed by atoms with Crippen molar-refractivity contribution < 1.29 is 9.52 Å². The van der Waals surface area contributed by atoms with Crippen LogP contribution in [0.25, 0.3) is 22.3 Å². The van der Waals surface area contributed by atoms with E-state index in [0.717, 1.165) is 22.2 Å². The second kappa shape index (κ2) is 6.70. The Morgan fingerprint density at radius 2 is 1.73 bits per heavy atom. The fraction of sp³-hybridized carbons (Fsp3) is 0.0455. The summed E-state index contributed by atoms with van der Waals surface area (Å²) in [5, 5.41) is 12.0. The average Bonchev–Trinajstić information content (AvgIpc) is 2.65. The van der Waals surface area contributed by atoms with Gasteiger partial charge in [-0.15, -0.1) is 0 Å². The summed E-state index contributed by atoms with van der Waals surface area (Å²) >= 11 is 6.23. The first-order valence-electron chi connectivity index (χ1n) is 8.23. The van der Waals surface area contributed by atoms with Crippen molar-refractivity contribution in [2.24, 2.45) is 4.99 Å². The lowest BCUT2D eigenvalue weighted by Gasteiger charge is -2.06. The van der Waals surface area contributed by atoms with Crippen molar-refractivity contribution in [1.82, 2.24) is 0 Å². The second-order valence-corrected chi connectivity index (χ2v) is 6.49. The molecule has 0 aliphatic rings. The molecule has 0 fully saturated rings. The molecule has 0 saturated carbocycles. The Kier molecular flexibility index (Phi) is 4.23. The number of phenols is 1. The van der Waals surface area contributed by atoms with Gasteiger partial charge in [0, 0.05) is 22.0 Å². The van der Waals surface area contributed by atoms with Crippen LogP contribution in [0, 0.1) is 6.92 Å². The van der Waals surface area contributed by atoms with Gasteiger partial charge in [0.2, 0.25) is 0 Å². The molecule has 4 rings (SSSR count). The van der Waals surface area contributed by atoms with Gasteiger partial charge in [-0.2, -0.15) is 0 Å². The molecule has 0 radical (unpaired) electrons. The standard InChI is InChI=1S/C22H16ClNO2/c1-14-7-8-16(11-19(14)23)24-20-13-22(15-5-3-2-4-6-15)26-21-10-9-17(25)12-18(20)21/h2-13,25H,1H3. The summed E-state index contributed by atoms with van der Waals surface area (Å²) in [6.45, 7) is 1.95. The van der Waals surface area contributed by atoms with E-state index in [4.69, 9.17) is 21.0 Å². The van der Waals surface area contributed by atoms with Crippen molar-refractivity contribution in [2.45, 2.75) is 6.92 Å². The number of fused-ring (bicyclic) bond motifs is 1. The number of nitrogens with zero attached hydrogens (tertiary/aromatic N) is 1. The zero-order valence-electron chi connectivity index (χ0n) is 14.1. The number of rotatable bonds is 2. The lowest BCUT2D eigenvalue weighted by atomic mass is 10.1. The summed E-state index contributed by atoms with van der Waals surface area (Å²) < 4.78 is 6.03. The topological polar surface area (TPSA) is 45.7 Å². The number of benzene rings is 3. The second-order valence-electron chi connectivity index (χ2n) is 6.09. The third-order valence-corrected chi connectivity index (χ3v) is 4.60. The quantitative estimate of drug-likeness (QED) is 0.476. The molecule has 0 aliphatic heterocycles. The molecule has 1 aromatic heterocycles. The third-order valence-electron chi connectivity index (χ3n) is 4.19. The van der Waals surface area contributed by atoms with E-state index in [9.17, 15) is 5.11 Å². The molecule has 0 atom stereocenters. The first-order valence-corrected chi connectivity index (χ1v) is 8.61. The van der Waals surface area contributed by atoms with Crippen LogP contribution in [0.15, 0.2) is 82.2 Å². The van der Waals surface area contributed by atoms with E-state index < -0.39 is 0 Å². The Bertz CT molecular complexity index is 1160. The van der Waals surface area contributed by atoms with Crippen molar-refractivity contribution in [2.75, 3.05) is 0 Å². The van der Waals surface area contributed by atoms with Crippen molar-refractivity contribution in [3.8, 4) is 17.1 Å². The first kappa shape index (κ1) is 16.4. The van der Waals surface area contributed by atoms with Crippen LogP contribution in [-0.2, 0) is 0 Å². The molecule has 0 spiro atoms. The lowest BCUT2D eigenvalue weighted by molar-refractivity contribution is 0.475. The van der Waals surface area contributed by atoms with E-state index in [1.165, 1.54) is 0 Å². The summed E-state index contributed by atoms with van der Waals surface area (Å²) in [5.74, 6) is 0.874. The molecule has 1 N–H and O–H groups in total. The maximum Gasteiger partial charge on any atom is 0.137 e. The van der Waals surface area contributed by atoms with Gasteiger partial charge >= 0.3 is 0 Å². The van der Waals surface area contributed by atoms with Gasteiger partial charge < -0.3 is 9.52 Å². The van der Waals surface area contributed by atoms with E-state index in [-0.39, 0.29) is 5.75 Å². The smallest absolute Gasteiger partial charge is 0.137 e. The van der Waals surface area contributed by atoms with Crippen LogP contribution in [0.5, 0.6) is 5.75 Å². The maximum absolute atomic E-state index is 9.88. The van der Waals surface area contributed by atoms with Crippen LogP contribution in [0.2, 0.25) is 5.02 Å². The Morgan fingerprint density at radius 3 is 2.50 bits per heavy atom. The molecule has 0 amide bonds. The van der Waals surface area contributed by atoms with Crippen LogP contribution >= 0.6 is 11.6 Å². The van der Waals surface area contributed by atoms with E-state index in [2.05, 4.69) is 0 Å². The monoisotopic (exact) mass is 361 g/mol. The SMILES string of the molecule is Cc1ccc(N=c2cc(-c3ccccc3)oc3ccc(O)cc23)cc1Cl. The van der Waals surface area contributed by atoms with Gasteiger partial charge in [-0.1, -0.05) is 48.0 Å². The van der Waals surface area contributed by atoms with Crippen molar-refractivity contribution >= 4 is 28.3 Å². The molecule has 128 valence electrons. The number of phenolic OH excluding ortho intramolecular Hbond substituents is 1. The normalized spacial score (nSPS) is 11.8. The molecular weight excluding hydrogens is 346 g/mol. The third kappa shape index (κ3) is 3.22. The van der Waals surface area contributed by atoms with Gasteiger partial charge in [0.1, 0.15) is 17.1 Å². The number of halogens is 1. The Labute approximate surface area is 155 Å². The van der Waals surface area contributed by atoms with E-state index >= 15 is 0 Å². The number of aryl methyl sites for hydroxylation is 1. The molecule has 4 aromatic rings. The molecule has 3 nitrogen and oxygen atoms in total. The predicted octanol–water partition coefficient (Wildman–Crippen LogP) is 6.00. The van der Waals surface area contributed by atoms with Crippen molar-refractivity contribution in [3.63, 3.8) is 0 Å². The fourth-order valence-corrected chi connectivity index (χ4v) is 2.96. The van der Waals surface area contributed by atoms with E-state index in [1.54, 1.807) is 18.2 Å². The first-order chi connectivity index (χ1) is 12.6. The van der Waals surface area contributed by atoms with Crippen LogP contribution < -0.4 is 5.36 Å². The summed E-state index contributed by atoms with van der Waals surface area (Å²) in [7, 11) is 0. The highest BCUT2D eigenvalue weighted by atomic mass is 35.5. The van der Waals surface area contributed by atoms with Gasteiger partial charge in [-0.3, -0.25) is 0 Å². The molecule has 4 heteroatoms. The van der Waals surface area contributed by atoms with Gasteiger partial charge in [0.25, 0.3) is 0 Å². The number of aromatic hydroxyl groups is 1. The predicted molar refractivity (Wildman–Crippen MR) is 105 cm³/mol. The minimum Gasteiger partial charge on any atom is -0.508 e. The fourth-order valence-electron chi connectivity index (χ4n) is 2.78. The number of hydrogen-bond donors (Lipinski definition) is 1. The molecule has 0 saturated heterocycles. The molecule has 3 aromatic carbocycles. The molecular formula is C22H16ClNO2. The molecule has 0 unspecified atom stereocenters. The molecule has 26 heavy (non-hydrogen) atoms. The number of hydrogen-bond acceptors (Lipinski definition) is 3. The van der Waals surface area contributed by atoms with Crippen LogP contribution in [0.4, 0.5) is 5.69 Å². The van der Waals surface area contributed by atoms with Gasteiger partial charge in [0.15, 0.2) is 0 Å². The lowest BCUT2D eigenvalue weighted by Crippen LogP contribution is -2.03. The summed E-state index contributed by atoms with van der Waals surface area (Å²) in [6, 6.07) is 22.4. The largest absolute Gasteiger partial charge is 0.508 e. The molecule has 1 heterocycles. The van der Waals surface area contributed by atoms with Crippen molar-refractivity contribution in [1.29, 1.82) is 0 Å². The summed E-state index contributed by atoms with van der Waals surface area (Å²) in [5.41, 5.74) is 3.36. The Morgan fingerprint density at radius 1 is 0.923 bits per heavy atom. The highest BCUT2D eigenvalue weighted by Crippen LogP contribution is 2.26. The zero-order chi connectivity index (χ0) is 18.1. The van der Waals surface area contributed by atoms with Crippen molar-refractivity contribution in [3.05, 3.63) is 88.7 Å². The summed E-state index contributed by atoms with van der Waals surface area (Å²) in [6.07, 6.45) is 0. The van der Waals surface area contributed by atoms with Gasteiger partial charge in [-0.05, 0) is 42.8 Å². The minimum absolute atomic E-state index is 0.165. The maximum atomic E-state index is 9.88. The Balaban J connectivity index is 2.00.